The SMILES string of the molecule is CCOC(=O)C1CCC(NC(=O)CCNC(C)(C)C)CC1. The van der Waals surface area contributed by atoms with Crippen molar-refractivity contribution in [1.29, 1.82) is 0 Å². The predicted molar refractivity (Wildman–Crippen MR) is 82.9 cm³/mol. The molecule has 1 amide bonds. The summed E-state index contributed by atoms with van der Waals surface area (Å²) in [5, 5.41) is 6.37. The molecule has 0 bridgehead atoms. The summed E-state index contributed by atoms with van der Waals surface area (Å²) >= 11 is 0. The molecule has 5 nitrogen and oxygen atoms in total. The van der Waals surface area contributed by atoms with E-state index < -0.39 is 0 Å². The predicted octanol–water partition coefficient (Wildman–Crippen LogP) is 2.00. The molecule has 0 unspecified atom stereocenters. The molecule has 0 aromatic rings. The van der Waals surface area contributed by atoms with Crippen LogP contribution in [0.2, 0.25) is 0 Å². The lowest BCUT2D eigenvalue weighted by molar-refractivity contribution is -0.149. The highest BCUT2D eigenvalue weighted by Gasteiger charge is 2.27. The number of rotatable bonds is 6. The first-order valence-corrected chi connectivity index (χ1v) is 8.03. The van der Waals surface area contributed by atoms with Crippen molar-refractivity contribution in [2.75, 3.05) is 13.2 Å². The van der Waals surface area contributed by atoms with Crippen LogP contribution in [0.5, 0.6) is 0 Å². The van der Waals surface area contributed by atoms with Crippen molar-refractivity contribution in [3.8, 4) is 0 Å². The molecule has 122 valence electrons. The lowest BCUT2D eigenvalue weighted by Crippen LogP contribution is -2.42. The average Bonchev–Trinajstić information content (AvgIpc) is 2.38. The van der Waals surface area contributed by atoms with Gasteiger partial charge in [-0.2, -0.15) is 0 Å². The Morgan fingerprint density at radius 2 is 1.76 bits per heavy atom. The maximum atomic E-state index is 11.9. The molecule has 1 aliphatic carbocycles. The second kappa shape index (κ2) is 8.37. The molecule has 21 heavy (non-hydrogen) atoms. The van der Waals surface area contributed by atoms with Gasteiger partial charge in [-0.3, -0.25) is 9.59 Å². The summed E-state index contributed by atoms with van der Waals surface area (Å²) in [6, 6.07) is 0.206. The Morgan fingerprint density at radius 1 is 1.14 bits per heavy atom. The Hall–Kier alpha value is -1.10. The number of nitrogens with one attached hydrogen (secondary N) is 2. The summed E-state index contributed by atoms with van der Waals surface area (Å²) in [5.41, 5.74) is 0.0397. The Morgan fingerprint density at radius 3 is 2.29 bits per heavy atom. The van der Waals surface area contributed by atoms with Gasteiger partial charge in [0, 0.05) is 24.5 Å². The summed E-state index contributed by atoms with van der Waals surface area (Å²) in [4.78, 5) is 23.5. The number of carbonyl (C=O) groups excluding carboxylic acids is 2. The van der Waals surface area contributed by atoms with E-state index in [9.17, 15) is 9.59 Å². The van der Waals surface area contributed by atoms with E-state index in [1.807, 2.05) is 6.92 Å². The number of amides is 1. The highest BCUT2D eigenvalue weighted by molar-refractivity contribution is 5.76. The zero-order valence-electron chi connectivity index (χ0n) is 13.8. The molecule has 1 rings (SSSR count). The van der Waals surface area contributed by atoms with Gasteiger partial charge in [-0.25, -0.2) is 0 Å². The molecule has 1 aliphatic rings. The lowest BCUT2D eigenvalue weighted by Gasteiger charge is -2.28. The van der Waals surface area contributed by atoms with E-state index >= 15 is 0 Å². The lowest BCUT2D eigenvalue weighted by atomic mass is 9.86. The molecular formula is C16H30N2O3. The Labute approximate surface area is 128 Å². The highest BCUT2D eigenvalue weighted by atomic mass is 16.5. The number of ether oxygens (including phenoxy) is 1. The summed E-state index contributed by atoms with van der Waals surface area (Å²) < 4.78 is 5.05. The van der Waals surface area contributed by atoms with Gasteiger partial charge in [0.25, 0.3) is 0 Å². The van der Waals surface area contributed by atoms with E-state index in [0.717, 1.165) is 25.7 Å². The third-order valence-electron chi connectivity index (χ3n) is 3.72. The van der Waals surface area contributed by atoms with Crippen LogP contribution in [0.3, 0.4) is 0 Å². The Kier molecular flexibility index (Phi) is 7.15. The van der Waals surface area contributed by atoms with Crippen molar-refractivity contribution >= 4 is 11.9 Å². The zero-order chi connectivity index (χ0) is 15.9. The van der Waals surface area contributed by atoms with Crippen LogP contribution >= 0.6 is 0 Å². The zero-order valence-corrected chi connectivity index (χ0v) is 13.8. The van der Waals surface area contributed by atoms with Gasteiger partial charge in [-0.05, 0) is 53.4 Å². The average molecular weight is 298 g/mol. The molecule has 5 heteroatoms. The maximum Gasteiger partial charge on any atom is 0.308 e. The molecular weight excluding hydrogens is 268 g/mol. The molecule has 0 saturated heterocycles. The van der Waals surface area contributed by atoms with Crippen molar-refractivity contribution < 1.29 is 14.3 Å². The van der Waals surface area contributed by atoms with Crippen LogP contribution < -0.4 is 10.6 Å². The van der Waals surface area contributed by atoms with Crippen LogP contribution in [0.15, 0.2) is 0 Å². The molecule has 1 fully saturated rings. The third-order valence-corrected chi connectivity index (χ3v) is 3.72. The second-order valence-electron chi connectivity index (χ2n) is 6.79. The number of esters is 1. The quantitative estimate of drug-likeness (QED) is 0.736. The van der Waals surface area contributed by atoms with Crippen LogP contribution in [0, 0.1) is 5.92 Å². The standard InChI is InChI=1S/C16H30N2O3/c1-5-21-15(20)12-6-8-13(9-7-12)18-14(19)10-11-17-16(2,3)4/h12-13,17H,5-11H2,1-4H3,(H,18,19). The van der Waals surface area contributed by atoms with Crippen LogP contribution in [0.4, 0.5) is 0 Å². The summed E-state index contributed by atoms with van der Waals surface area (Å²) in [6.07, 6.45) is 3.84. The Bertz CT molecular complexity index is 342. The molecule has 0 radical (unpaired) electrons. The van der Waals surface area contributed by atoms with Gasteiger partial charge in [0.15, 0.2) is 0 Å². The Balaban J connectivity index is 2.20. The van der Waals surface area contributed by atoms with Gasteiger partial charge >= 0.3 is 5.97 Å². The summed E-state index contributed by atoms with van der Waals surface area (Å²) in [6.45, 7) is 9.21. The van der Waals surface area contributed by atoms with Crippen LogP contribution in [0.1, 0.15) is 59.8 Å². The monoisotopic (exact) mass is 298 g/mol. The van der Waals surface area contributed by atoms with Crippen molar-refractivity contribution in [3.63, 3.8) is 0 Å². The molecule has 0 spiro atoms. The first-order valence-electron chi connectivity index (χ1n) is 8.03. The smallest absolute Gasteiger partial charge is 0.308 e. The largest absolute Gasteiger partial charge is 0.466 e. The molecule has 1 saturated carbocycles. The van der Waals surface area contributed by atoms with Crippen molar-refractivity contribution in [2.45, 2.75) is 71.4 Å². The second-order valence-corrected chi connectivity index (χ2v) is 6.79. The molecule has 2 N–H and O–H groups in total. The molecule has 0 aliphatic heterocycles. The fraction of sp³-hybridized carbons (Fsp3) is 0.875. The first-order chi connectivity index (χ1) is 9.81. The fourth-order valence-electron chi connectivity index (χ4n) is 2.58. The van der Waals surface area contributed by atoms with Crippen LogP contribution in [0.25, 0.3) is 0 Å². The number of carbonyl (C=O) groups is 2. The van der Waals surface area contributed by atoms with E-state index in [2.05, 4.69) is 31.4 Å². The van der Waals surface area contributed by atoms with Gasteiger partial charge in [-0.15, -0.1) is 0 Å². The number of hydrogen-bond acceptors (Lipinski definition) is 4. The van der Waals surface area contributed by atoms with Gasteiger partial charge in [0.2, 0.25) is 5.91 Å². The molecule has 0 atom stereocenters. The first kappa shape index (κ1) is 18.0. The van der Waals surface area contributed by atoms with E-state index in [0.29, 0.717) is 19.6 Å². The minimum atomic E-state index is -0.0864. The van der Waals surface area contributed by atoms with E-state index in [4.69, 9.17) is 4.74 Å². The normalized spacial score (nSPS) is 22.7. The van der Waals surface area contributed by atoms with Crippen LogP contribution in [-0.2, 0) is 14.3 Å². The third kappa shape index (κ3) is 7.46. The van der Waals surface area contributed by atoms with Gasteiger partial charge in [-0.1, -0.05) is 0 Å². The van der Waals surface area contributed by atoms with Gasteiger partial charge in [0.05, 0.1) is 12.5 Å². The summed E-state index contributed by atoms with van der Waals surface area (Å²) in [5.74, 6) is 0.0173. The fourth-order valence-corrected chi connectivity index (χ4v) is 2.58. The van der Waals surface area contributed by atoms with E-state index in [1.54, 1.807) is 0 Å². The molecule has 0 aromatic heterocycles. The van der Waals surface area contributed by atoms with Crippen LogP contribution in [-0.4, -0.2) is 36.6 Å². The topological polar surface area (TPSA) is 67.4 Å². The van der Waals surface area contributed by atoms with Crippen molar-refractivity contribution in [1.82, 2.24) is 10.6 Å². The minimum Gasteiger partial charge on any atom is -0.466 e. The number of hydrogen-bond donors (Lipinski definition) is 2. The summed E-state index contributed by atoms with van der Waals surface area (Å²) in [7, 11) is 0. The van der Waals surface area contributed by atoms with Crippen molar-refractivity contribution in [2.24, 2.45) is 5.92 Å². The molecule has 0 aromatic carbocycles. The highest BCUT2D eigenvalue weighted by Crippen LogP contribution is 2.25. The van der Waals surface area contributed by atoms with E-state index in [1.165, 1.54) is 0 Å². The maximum absolute atomic E-state index is 11.9. The van der Waals surface area contributed by atoms with Gasteiger partial charge < -0.3 is 15.4 Å². The van der Waals surface area contributed by atoms with Crippen molar-refractivity contribution in [3.05, 3.63) is 0 Å². The minimum absolute atomic E-state index is 0.0145. The van der Waals surface area contributed by atoms with E-state index in [-0.39, 0.29) is 29.4 Å². The molecule has 0 heterocycles. The van der Waals surface area contributed by atoms with Gasteiger partial charge in [0.1, 0.15) is 0 Å².